The molecule has 0 aliphatic heterocycles. The summed E-state index contributed by atoms with van der Waals surface area (Å²) < 4.78 is 9.67. The van der Waals surface area contributed by atoms with E-state index in [-0.39, 0.29) is 5.92 Å². The molecule has 0 aliphatic carbocycles. The average Bonchev–Trinajstić information content (AvgIpc) is 2.25. The Morgan fingerprint density at radius 2 is 1.94 bits per heavy atom. The van der Waals surface area contributed by atoms with Gasteiger partial charge in [-0.2, -0.15) is 0 Å². The number of carbonyl (C=O) groups is 2. The van der Waals surface area contributed by atoms with Crippen LogP contribution in [0.4, 0.5) is 4.79 Å². The molecule has 0 aromatic rings. The van der Waals surface area contributed by atoms with E-state index >= 15 is 0 Å². The summed E-state index contributed by atoms with van der Waals surface area (Å²) in [5.74, 6) is -0.197. The molecule has 5 nitrogen and oxygen atoms in total. The predicted octanol–water partition coefficient (Wildman–Crippen LogP) is 2.10. The summed E-state index contributed by atoms with van der Waals surface area (Å²) >= 11 is 0. The minimum Gasteiger partial charge on any atom is -0.467 e. The standard InChI is InChI=1S/C12H23NO4/c1-6-7-12(4,10(14)16-5)13-11(15)17-8-9(2)3/h9H,6-8H2,1-5H3,(H,13,15). The molecule has 0 aromatic carbocycles. The second kappa shape index (κ2) is 7.14. The minimum absolute atomic E-state index is 0.260. The minimum atomic E-state index is -1.02. The average molecular weight is 245 g/mol. The molecule has 1 atom stereocenters. The quantitative estimate of drug-likeness (QED) is 0.728. The third-order valence-corrected chi connectivity index (χ3v) is 2.31. The van der Waals surface area contributed by atoms with Crippen LogP contribution < -0.4 is 5.32 Å². The molecule has 0 rings (SSSR count). The van der Waals surface area contributed by atoms with Crippen LogP contribution in [0, 0.1) is 5.92 Å². The van der Waals surface area contributed by atoms with Crippen molar-refractivity contribution in [3.63, 3.8) is 0 Å². The van der Waals surface area contributed by atoms with Crippen LogP contribution >= 0.6 is 0 Å². The maximum absolute atomic E-state index is 11.6. The van der Waals surface area contributed by atoms with Crippen LogP contribution in [0.2, 0.25) is 0 Å². The zero-order valence-corrected chi connectivity index (χ0v) is 11.3. The third kappa shape index (κ3) is 5.56. The van der Waals surface area contributed by atoms with Crippen molar-refractivity contribution in [3.8, 4) is 0 Å². The van der Waals surface area contributed by atoms with Crippen molar-refractivity contribution in [1.82, 2.24) is 5.32 Å². The van der Waals surface area contributed by atoms with Crippen LogP contribution in [0.3, 0.4) is 0 Å². The fourth-order valence-corrected chi connectivity index (χ4v) is 1.44. The van der Waals surface area contributed by atoms with E-state index in [1.165, 1.54) is 7.11 Å². The Morgan fingerprint density at radius 3 is 2.35 bits per heavy atom. The van der Waals surface area contributed by atoms with Gasteiger partial charge in [0.1, 0.15) is 5.54 Å². The van der Waals surface area contributed by atoms with Crippen molar-refractivity contribution < 1.29 is 19.1 Å². The number of esters is 1. The number of methoxy groups -OCH3 is 1. The number of hydrogen-bond donors (Lipinski definition) is 1. The Bertz CT molecular complexity index is 265. The van der Waals surface area contributed by atoms with E-state index in [4.69, 9.17) is 4.74 Å². The van der Waals surface area contributed by atoms with E-state index in [2.05, 4.69) is 10.1 Å². The van der Waals surface area contributed by atoms with Gasteiger partial charge in [0.25, 0.3) is 0 Å². The van der Waals surface area contributed by atoms with Crippen LogP contribution in [0.15, 0.2) is 0 Å². The van der Waals surface area contributed by atoms with Crippen molar-refractivity contribution in [3.05, 3.63) is 0 Å². The number of hydrogen-bond acceptors (Lipinski definition) is 4. The van der Waals surface area contributed by atoms with E-state index < -0.39 is 17.6 Å². The summed E-state index contributed by atoms with van der Waals surface area (Å²) in [6, 6.07) is 0. The summed E-state index contributed by atoms with van der Waals surface area (Å²) in [6.07, 6.45) is 0.687. The van der Waals surface area contributed by atoms with Crippen LogP contribution in [0.25, 0.3) is 0 Å². The summed E-state index contributed by atoms with van der Waals surface area (Å²) in [7, 11) is 1.30. The first-order chi connectivity index (χ1) is 7.85. The molecule has 1 amide bonds. The lowest BCUT2D eigenvalue weighted by atomic mass is 9.96. The molecule has 0 aromatic heterocycles. The van der Waals surface area contributed by atoms with E-state index in [1.807, 2.05) is 20.8 Å². The highest BCUT2D eigenvalue weighted by atomic mass is 16.6. The fraction of sp³-hybridized carbons (Fsp3) is 0.833. The lowest BCUT2D eigenvalue weighted by Crippen LogP contribution is -2.53. The van der Waals surface area contributed by atoms with Gasteiger partial charge in [-0.15, -0.1) is 0 Å². The summed E-state index contributed by atoms with van der Waals surface area (Å²) in [4.78, 5) is 23.1. The van der Waals surface area contributed by atoms with Gasteiger partial charge in [0.15, 0.2) is 0 Å². The van der Waals surface area contributed by atoms with Gasteiger partial charge >= 0.3 is 12.1 Å². The Hall–Kier alpha value is -1.26. The van der Waals surface area contributed by atoms with Gasteiger partial charge in [-0.05, 0) is 19.3 Å². The molecule has 100 valence electrons. The highest BCUT2D eigenvalue weighted by molar-refractivity contribution is 5.85. The molecule has 17 heavy (non-hydrogen) atoms. The molecule has 0 heterocycles. The fourth-order valence-electron chi connectivity index (χ4n) is 1.44. The maximum atomic E-state index is 11.6. The van der Waals surface area contributed by atoms with E-state index in [9.17, 15) is 9.59 Å². The number of nitrogens with one attached hydrogen (secondary N) is 1. The number of amides is 1. The molecule has 1 N–H and O–H groups in total. The zero-order chi connectivity index (χ0) is 13.5. The first-order valence-corrected chi connectivity index (χ1v) is 5.89. The Balaban J connectivity index is 4.43. The maximum Gasteiger partial charge on any atom is 0.408 e. The van der Waals surface area contributed by atoms with Crippen molar-refractivity contribution in [2.24, 2.45) is 5.92 Å². The van der Waals surface area contributed by atoms with Gasteiger partial charge in [0.05, 0.1) is 13.7 Å². The molecular weight excluding hydrogens is 222 g/mol. The molecule has 5 heteroatoms. The van der Waals surface area contributed by atoms with Crippen molar-refractivity contribution in [1.29, 1.82) is 0 Å². The summed E-state index contributed by atoms with van der Waals surface area (Å²) in [5.41, 5.74) is -1.02. The number of rotatable bonds is 6. The Labute approximate surface area is 103 Å². The summed E-state index contributed by atoms with van der Waals surface area (Å²) in [5, 5.41) is 2.56. The molecule has 0 saturated heterocycles. The van der Waals surface area contributed by atoms with E-state index in [1.54, 1.807) is 6.92 Å². The van der Waals surface area contributed by atoms with Crippen molar-refractivity contribution in [2.45, 2.75) is 46.1 Å². The van der Waals surface area contributed by atoms with Crippen LogP contribution in [-0.2, 0) is 14.3 Å². The predicted molar refractivity (Wildman–Crippen MR) is 64.7 cm³/mol. The molecular formula is C12H23NO4. The molecule has 0 radical (unpaired) electrons. The van der Waals surface area contributed by atoms with Crippen molar-refractivity contribution in [2.75, 3.05) is 13.7 Å². The largest absolute Gasteiger partial charge is 0.467 e. The van der Waals surface area contributed by atoms with Gasteiger partial charge in [-0.3, -0.25) is 0 Å². The molecule has 1 unspecified atom stereocenters. The second-order valence-corrected chi connectivity index (χ2v) is 4.69. The van der Waals surface area contributed by atoms with Crippen LogP contribution in [0.1, 0.15) is 40.5 Å². The molecule has 0 saturated carbocycles. The van der Waals surface area contributed by atoms with E-state index in [0.717, 1.165) is 6.42 Å². The first-order valence-electron chi connectivity index (χ1n) is 5.89. The third-order valence-electron chi connectivity index (χ3n) is 2.31. The smallest absolute Gasteiger partial charge is 0.408 e. The molecule has 0 aliphatic rings. The lowest BCUT2D eigenvalue weighted by molar-refractivity contribution is -0.148. The topological polar surface area (TPSA) is 64.6 Å². The van der Waals surface area contributed by atoms with Gasteiger partial charge in [-0.25, -0.2) is 9.59 Å². The van der Waals surface area contributed by atoms with Crippen LogP contribution in [-0.4, -0.2) is 31.3 Å². The normalized spacial score (nSPS) is 14.0. The Kier molecular flexibility index (Phi) is 6.61. The highest BCUT2D eigenvalue weighted by Gasteiger charge is 2.35. The number of alkyl carbamates (subject to hydrolysis) is 1. The number of ether oxygens (including phenoxy) is 2. The lowest BCUT2D eigenvalue weighted by Gasteiger charge is -2.27. The zero-order valence-electron chi connectivity index (χ0n) is 11.3. The first kappa shape index (κ1) is 15.7. The van der Waals surface area contributed by atoms with Gasteiger partial charge in [-0.1, -0.05) is 27.2 Å². The SMILES string of the molecule is CCCC(C)(NC(=O)OCC(C)C)C(=O)OC. The van der Waals surface area contributed by atoms with Gasteiger partial charge < -0.3 is 14.8 Å². The van der Waals surface area contributed by atoms with Gasteiger partial charge in [0.2, 0.25) is 0 Å². The second-order valence-electron chi connectivity index (χ2n) is 4.69. The molecule has 0 bridgehead atoms. The number of carbonyl (C=O) groups excluding carboxylic acids is 2. The van der Waals surface area contributed by atoms with E-state index in [0.29, 0.717) is 13.0 Å². The monoisotopic (exact) mass is 245 g/mol. The van der Waals surface area contributed by atoms with Crippen LogP contribution in [0.5, 0.6) is 0 Å². The Morgan fingerprint density at radius 1 is 1.35 bits per heavy atom. The molecule has 0 spiro atoms. The summed E-state index contributed by atoms with van der Waals surface area (Å²) in [6.45, 7) is 7.79. The van der Waals surface area contributed by atoms with Gasteiger partial charge in [0, 0.05) is 0 Å². The highest BCUT2D eigenvalue weighted by Crippen LogP contribution is 2.14. The van der Waals surface area contributed by atoms with Crippen molar-refractivity contribution >= 4 is 12.1 Å². The molecule has 0 fully saturated rings.